The van der Waals surface area contributed by atoms with Crippen molar-refractivity contribution in [3.8, 4) is 6.07 Å². The van der Waals surface area contributed by atoms with Gasteiger partial charge in [-0.2, -0.15) is 5.26 Å². The number of carboxylic acid groups (broad SMARTS) is 1. The van der Waals surface area contributed by atoms with E-state index in [1.165, 1.54) is 0 Å². The normalized spacial score (nSPS) is 20.9. The maximum absolute atomic E-state index is 11.8. The second kappa shape index (κ2) is 6.06. The predicted octanol–water partition coefficient (Wildman–Crippen LogP) is 1.93. The molecule has 0 aliphatic heterocycles. The number of para-hydroxylation sites is 1. The number of hydrogen-bond acceptors (Lipinski definition) is 3. The van der Waals surface area contributed by atoms with Crippen molar-refractivity contribution in [3.63, 3.8) is 0 Å². The van der Waals surface area contributed by atoms with Crippen molar-refractivity contribution in [3.05, 3.63) is 29.8 Å². The van der Waals surface area contributed by atoms with Gasteiger partial charge in [0.05, 0.1) is 17.2 Å². The summed E-state index contributed by atoms with van der Waals surface area (Å²) in [5.74, 6) is -1.20. The Morgan fingerprint density at radius 3 is 2.70 bits per heavy atom. The van der Waals surface area contributed by atoms with E-state index < -0.39 is 12.0 Å². The molecule has 3 N–H and O–H groups in total. The first-order chi connectivity index (χ1) is 9.60. The van der Waals surface area contributed by atoms with Crippen LogP contribution in [0.5, 0.6) is 0 Å². The number of carboxylic acids is 1. The fourth-order valence-electron chi connectivity index (χ4n) is 2.37. The summed E-state index contributed by atoms with van der Waals surface area (Å²) in [4.78, 5) is 22.7. The summed E-state index contributed by atoms with van der Waals surface area (Å²) in [5, 5.41) is 23.2. The Labute approximate surface area is 116 Å². The first-order valence-corrected chi connectivity index (χ1v) is 6.39. The van der Waals surface area contributed by atoms with E-state index in [4.69, 9.17) is 10.4 Å². The van der Waals surface area contributed by atoms with Crippen molar-refractivity contribution in [1.29, 1.82) is 5.26 Å². The molecule has 0 bridgehead atoms. The third-order valence-electron chi connectivity index (χ3n) is 3.41. The van der Waals surface area contributed by atoms with Crippen LogP contribution in [0.2, 0.25) is 0 Å². The molecule has 1 fully saturated rings. The summed E-state index contributed by atoms with van der Waals surface area (Å²) in [5.41, 5.74) is 0.831. The van der Waals surface area contributed by atoms with E-state index in [9.17, 15) is 9.59 Å². The monoisotopic (exact) mass is 273 g/mol. The van der Waals surface area contributed by atoms with Crippen LogP contribution in [0, 0.1) is 17.2 Å². The number of nitrogens with zero attached hydrogens (tertiary/aromatic N) is 1. The highest BCUT2D eigenvalue weighted by atomic mass is 16.4. The van der Waals surface area contributed by atoms with Gasteiger partial charge in [0.25, 0.3) is 0 Å². The number of nitriles is 1. The lowest BCUT2D eigenvalue weighted by molar-refractivity contribution is -0.141. The van der Waals surface area contributed by atoms with E-state index >= 15 is 0 Å². The van der Waals surface area contributed by atoms with Crippen LogP contribution in [0.25, 0.3) is 0 Å². The Balaban J connectivity index is 1.91. The van der Waals surface area contributed by atoms with Crippen LogP contribution in [-0.2, 0) is 4.79 Å². The fourth-order valence-corrected chi connectivity index (χ4v) is 2.37. The molecular formula is C14H15N3O3. The summed E-state index contributed by atoms with van der Waals surface area (Å²) in [7, 11) is 0. The van der Waals surface area contributed by atoms with E-state index in [1.807, 2.05) is 6.07 Å². The summed E-state index contributed by atoms with van der Waals surface area (Å²) >= 11 is 0. The van der Waals surface area contributed by atoms with E-state index in [-0.39, 0.29) is 12.0 Å². The highest BCUT2D eigenvalue weighted by molar-refractivity contribution is 5.91. The van der Waals surface area contributed by atoms with E-state index in [0.717, 1.165) is 0 Å². The molecule has 1 aliphatic rings. The Bertz CT molecular complexity index is 565. The van der Waals surface area contributed by atoms with Gasteiger partial charge in [-0.05, 0) is 31.4 Å². The molecule has 2 unspecified atom stereocenters. The third kappa shape index (κ3) is 3.26. The molecule has 104 valence electrons. The van der Waals surface area contributed by atoms with Gasteiger partial charge in [-0.3, -0.25) is 4.79 Å². The SMILES string of the molecule is N#Cc1ccccc1NC(=O)NC1CCC(C(=O)O)C1. The van der Waals surface area contributed by atoms with Crippen molar-refractivity contribution in [1.82, 2.24) is 5.32 Å². The van der Waals surface area contributed by atoms with Crippen LogP contribution in [0.1, 0.15) is 24.8 Å². The summed E-state index contributed by atoms with van der Waals surface area (Å²) in [6, 6.07) is 8.16. The van der Waals surface area contributed by atoms with Gasteiger partial charge < -0.3 is 15.7 Å². The largest absolute Gasteiger partial charge is 0.481 e. The lowest BCUT2D eigenvalue weighted by Crippen LogP contribution is -2.36. The van der Waals surface area contributed by atoms with Gasteiger partial charge in [0.15, 0.2) is 0 Å². The zero-order chi connectivity index (χ0) is 14.5. The average Bonchev–Trinajstić information content (AvgIpc) is 2.88. The minimum absolute atomic E-state index is 0.134. The fraction of sp³-hybridized carbons (Fsp3) is 0.357. The van der Waals surface area contributed by atoms with Gasteiger partial charge in [-0.25, -0.2) is 4.79 Å². The number of rotatable bonds is 3. The number of anilines is 1. The Morgan fingerprint density at radius 2 is 2.05 bits per heavy atom. The molecule has 2 rings (SSSR count). The number of benzene rings is 1. The van der Waals surface area contributed by atoms with Crippen LogP contribution < -0.4 is 10.6 Å². The van der Waals surface area contributed by atoms with Crippen LogP contribution in [0.4, 0.5) is 10.5 Å². The molecule has 20 heavy (non-hydrogen) atoms. The summed E-state index contributed by atoms with van der Waals surface area (Å²) in [6.45, 7) is 0. The minimum atomic E-state index is -0.815. The molecule has 1 aliphatic carbocycles. The topological polar surface area (TPSA) is 102 Å². The quantitative estimate of drug-likeness (QED) is 0.783. The maximum Gasteiger partial charge on any atom is 0.319 e. The molecule has 0 heterocycles. The highest BCUT2D eigenvalue weighted by Crippen LogP contribution is 2.25. The minimum Gasteiger partial charge on any atom is -0.481 e. The molecule has 2 atom stereocenters. The first kappa shape index (κ1) is 13.9. The number of carbonyl (C=O) groups excluding carboxylic acids is 1. The van der Waals surface area contributed by atoms with Gasteiger partial charge in [-0.1, -0.05) is 12.1 Å². The van der Waals surface area contributed by atoms with Crippen molar-refractivity contribution >= 4 is 17.7 Å². The Hall–Kier alpha value is -2.55. The molecule has 6 heteroatoms. The summed E-state index contributed by atoms with van der Waals surface area (Å²) in [6.07, 6.45) is 1.68. The average molecular weight is 273 g/mol. The van der Waals surface area contributed by atoms with Gasteiger partial charge >= 0.3 is 12.0 Å². The van der Waals surface area contributed by atoms with Crippen LogP contribution in [-0.4, -0.2) is 23.1 Å². The molecule has 0 aromatic heterocycles. The molecule has 1 aromatic rings. The van der Waals surface area contributed by atoms with Crippen LogP contribution in [0.15, 0.2) is 24.3 Å². The predicted molar refractivity (Wildman–Crippen MR) is 72.1 cm³/mol. The van der Waals surface area contributed by atoms with E-state index in [1.54, 1.807) is 24.3 Å². The maximum atomic E-state index is 11.8. The second-order valence-corrected chi connectivity index (χ2v) is 4.80. The van der Waals surface area contributed by atoms with Crippen molar-refractivity contribution in [2.45, 2.75) is 25.3 Å². The van der Waals surface area contributed by atoms with Crippen molar-refractivity contribution < 1.29 is 14.7 Å². The molecule has 0 spiro atoms. The molecule has 1 aromatic carbocycles. The lowest BCUT2D eigenvalue weighted by Gasteiger charge is -2.14. The van der Waals surface area contributed by atoms with Gasteiger partial charge in [0.2, 0.25) is 0 Å². The van der Waals surface area contributed by atoms with E-state index in [0.29, 0.717) is 30.5 Å². The number of hydrogen-bond donors (Lipinski definition) is 3. The molecule has 0 saturated heterocycles. The highest BCUT2D eigenvalue weighted by Gasteiger charge is 2.30. The van der Waals surface area contributed by atoms with Gasteiger partial charge in [0, 0.05) is 6.04 Å². The molecule has 2 amide bonds. The molecule has 1 saturated carbocycles. The zero-order valence-electron chi connectivity index (χ0n) is 10.8. The number of amides is 2. The van der Waals surface area contributed by atoms with Gasteiger partial charge in [-0.15, -0.1) is 0 Å². The number of nitrogens with one attached hydrogen (secondary N) is 2. The number of urea groups is 1. The number of carbonyl (C=O) groups is 2. The standard InChI is InChI=1S/C14H15N3O3/c15-8-10-3-1-2-4-12(10)17-14(20)16-11-6-5-9(7-11)13(18)19/h1-4,9,11H,5-7H2,(H,18,19)(H2,16,17,20). The smallest absolute Gasteiger partial charge is 0.319 e. The molecular weight excluding hydrogens is 258 g/mol. The Morgan fingerprint density at radius 1 is 1.30 bits per heavy atom. The van der Waals surface area contributed by atoms with E-state index in [2.05, 4.69) is 10.6 Å². The van der Waals surface area contributed by atoms with Gasteiger partial charge in [0.1, 0.15) is 6.07 Å². The summed E-state index contributed by atoms with van der Waals surface area (Å²) < 4.78 is 0. The van der Waals surface area contributed by atoms with Crippen molar-refractivity contribution in [2.75, 3.05) is 5.32 Å². The van der Waals surface area contributed by atoms with Crippen molar-refractivity contribution in [2.24, 2.45) is 5.92 Å². The Kier molecular flexibility index (Phi) is 4.20. The van der Waals surface area contributed by atoms with Crippen LogP contribution >= 0.6 is 0 Å². The lowest BCUT2D eigenvalue weighted by atomic mass is 10.1. The third-order valence-corrected chi connectivity index (χ3v) is 3.41. The first-order valence-electron chi connectivity index (χ1n) is 6.39. The second-order valence-electron chi connectivity index (χ2n) is 4.80. The molecule has 0 radical (unpaired) electrons. The molecule has 6 nitrogen and oxygen atoms in total. The number of aliphatic carboxylic acids is 1. The van der Waals surface area contributed by atoms with Crippen LogP contribution in [0.3, 0.4) is 0 Å². The zero-order valence-corrected chi connectivity index (χ0v) is 10.8.